The van der Waals surface area contributed by atoms with Gasteiger partial charge in [-0.2, -0.15) is 5.26 Å². The van der Waals surface area contributed by atoms with Gasteiger partial charge >= 0.3 is 0 Å². The highest BCUT2D eigenvalue weighted by Gasteiger charge is 2.15. The molecule has 4 aromatic rings. The highest BCUT2D eigenvalue weighted by Crippen LogP contribution is 2.31. The van der Waals surface area contributed by atoms with Crippen LogP contribution in [0.2, 0.25) is 0 Å². The number of H-pyrrole nitrogens is 1. The van der Waals surface area contributed by atoms with Gasteiger partial charge in [-0.05, 0) is 48.9 Å². The molecule has 0 saturated carbocycles. The second-order valence-corrected chi connectivity index (χ2v) is 7.09. The minimum absolute atomic E-state index is 0.000454. The van der Waals surface area contributed by atoms with E-state index in [-0.39, 0.29) is 12.3 Å². The minimum atomic E-state index is -0.433. The van der Waals surface area contributed by atoms with Crippen LogP contribution in [0.3, 0.4) is 0 Å². The Balaban J connectivity index is 1.61. The Hall–Kier alpha value is -4.64. The van der Waals surface area contributed by atoms with Crippen molar-refractivity contribution in [1.82, 2.24) is 9.97 Å². The summed E-state index contributed by atoms with van der Waals surface area (Å²) in [6, 6.07) is 21.5. The molecular formula is C25H20N4O4. The molecule has 1 N–H and O–H groups in total. The zero-order valence-electron chi connectivity index (χ0n) is 17.8. The van der Waals surface area contributed by atoms with Gasteiger partial charge in [-0.25, -0.2) is 4.98 Å². The van der Waals surface area contributed by atoms with Crippen LogP contribution >= 0.6 is 0 Å². The number of nitriles is 1. The van der Waals surface area contributed by atoms with Crippen LogP contribution in [0.1, 0.15) is 23.9 Å². The van der Waals surface area contributed by atoms with Crippen molar-refractivity contribution < 1.29 is 14.4 Å². The second kappa shape index (κ2) is 9.66. The van der Waals surface area contributed by atoms with Crippen molar-refractivity contribution in [2.75, 3.05) is 6.61 Å². The fourth-order valence-corrected chi connectivity index (χ4v) is 3.37. The van der Waals surface area contributed by atoms with Crippen LogP contribution in [0.15, 0.2) is 66.7 Å². The first-order valence-electron chi connectivity index (χ1n) is 10.3. The third kappa shape index (κ3) is 4.83. The summed E-state index contributed by atoms with van der Waals surface area (Å²) in [7, 11) is 0. The predicted molar refractivity (Wildman–Crippen MR) is 125 cm³/mol. The molecule has 0 unspecified atom stereocenters. The van der Waals surface area contributed by atoms with E-state index in [0.29, 0.717) is 35.1 Å². The first-order chi connectivity index (χ1) is 16.1. The van der Waals surface area contributed by atoms with Crippen LogP contribution in [0.5, 0.6) is 11.5 Å². The van der Waals surface area contributed by atoms with Crippen molar-refractivity contribution in [3.63, 3.8) is 0 Å². The number of rotatable bonds is 8. The van der Waals surface area contributed by atoms with Crippen LogP contribution in [-0.2, 0) is 6.61 Å². The maximum absolute atomic E-state index is 11.2. The van der Waals surface area contributed by atoms with Gasteiger partial charge in [0.15, 0.2) is 11.5 Å². The first-order valence-corrected chi connectivity index (χ1v) is 10.3. The third-order valence-corrected chi connectivity index (χ3v) is 4.92. The summed E-state index contributed by atoms with van der Waals surface area (Å²) >= 11 is 0. The van der Waals surface area contributed by atoms with Gasteiger partial charge in [0.25, 0.3) is 5.69 Å². The van der Waals surface area contributed by atoms with E-state index in [1.807, 2.05) is 31.2 Å². The summed E-state index contributed by atoms with van der Waals surface area (Å²) < 4.78 is 11.6. The Morgan fingerprint density at radius 1 is 1.12 bits per heavy atom. The molecule has 8 heteroatoms. The lowest BCUT2D eigenvalue weighted by Gasteiger charge is -2.13. The quantitative estimate of drug-likeness (QED) is 0.219. The number of ether oxygens (including phenoxy) is 2. The van der Waals surface area contributed by atoms with E-state index in [4.69, 9.17) is 9.47 Å². The van der Waals surface area contributed by atoms with Gasteiger partial charge in [0, 0.05) is 6.07 Å². The Kier molecular flexibility index (Phi) is 6.32. The monoisotopic (exact) mass is 440 g/mol. The third-order valence-electron chi connectivity index (χ3n) is 4.92. The number of nitrogens with one attached hydrogen (secondary N) is 1. The topological polar surface area (TPSA) is 114 Å². The summed E-state index contributed by atoms with van der Waals surface area (Å²) in [6.07, 6.45) is 1.71. The average Bonchev–Trinajstić information content (AvgIpc) is 3.26. The van der Waals surface area contributed by atoms with E-state index in [2.05, 4.69) is 16.0 Å². The minimum Gasteiger partial charge on any atom is -0.490 e. The molecule has 0 aliphatic heterocycles. The molecule has 8 nitrogen and oxygen atoms in total. The lowest BCUT2D eigenvalue weighted by atomic mass is 10.1. The van der Waals surface area contributed by atoms with Gasteiger partial charge in [0.2, 0.25) is 0 Å². The van der Waals surface area contributed by atoms with Crippen molar-refractivity contribution in [1.29, 1.82) is 5.26 Å². The fraction of sp³-hybridized carbons (Fsp3) is 0.120. The average molecular weight is 440 g/mol. The Bertz CT molecular complexity index is 1350. The summed E-state index contributed by atoms with van der Waals surface area (Å²) in [5, 5.41) is 20.9. The molecule has 0 aliphatic carbocycles. The lowest BCUT2D eigenvalue weighted by Crippen LogP contribution is -2.02. The lowest BCUT2D eigenvalue weighted by molar-refractivity contribution is -0.385. The molecule has 0 saturated heterocycles. The number of imidazole rings is 1. The number of para-hydroxylation sites is 3. The number of benzene rings is 3. The number of aromatic amines is 1. The number of hydrogen-bond acceptors (Lipinski definition) is 6. The normalized spacial score (nSPS) is 11.2. The van der Waals surface area contributed by atoms with E-state index in [9.17, 15) is 15.4 Å². The molecule has 0 bridgehead atoms. The number of nitrogens with zero attached hydrogens (tertiary/aromatic N) is 3. The summed E-state index contributed by atoms with van der Waals surface area (Å²) in [6.45, 7) is 2.28. The van der Waals surface area contributed by atoms with Crippen LogP contribution < -0.4 is 9.47 Å². The number of fused-ring (bicyclic) bond motifs is 1. The molecule has 33 heavy (non-hydrogen) atoms. The molecule has 4 rings (SSSR count). The fourth-order valence-electron chi connectivity index (χ4n) is 3.37. The van der Waals surface area contributed by atoms with Crippen molar-refractivity contribution in [3.8, 4) is 17.6 Å². The number of hydrogen-bond donors (Lipinski definition) is 1. The molecule has 0 radical (unpaired) electrons. The van der Waals surface area contributed by atoms with E-state index >= 15 is 0 Å². The highest BCUT2D eigenvalue weighted by atomic mass is 16.6. The summed E-state index contributed by atoms with van der Waals surface area (Å²) in [5.74, 6) is 1.41. The van der Waals surface area contributed by atoms with Crippen molar-refractivity contribution >= 4 is 28.4 Å². The number of aromatic nitrogens is 2. The molecule has 0 atom stereocenters. The van der Waals surface area contributed by atoms with Crippen LogP contribution in [-0.4, -0.2) is 21.5 Å². The highest BCUT2D eigenvalue weighted by molar-refractivity contribution is 5.90. The zero-order valence-corrected chi connectivity index (χ0v) is 17.8. The van der Waals surface area contributed by atoms with Gasteiger partial charge in [0.05, 0.1) is 33.7 Å². The second-order valence-electron chi connectivity index (χ2n) is 7.09. The maximum Gasteiger partial charge on any atom is 0.276 e. The molecule has 0 amide bonds. The van der Waals surface area contributed by atoms with Crippen LogP contribution in [0.4, 0.5) is 5.69 Å². The first kappa shape index (κ1) is 21.6. The molecule has 0 aliphatic rings. The van der Waals surface area contributed by atoms with Crippen LogP contribution in [0, 0.1) is 21.4 Å². The molecule has 3 aromatic carbocycles. The van der Waals surface area contributed by atoms with E-state index in [1.165, 1.54) is 6.07 Å². The number of nitro groups is 1. The Labute approximate surface area is 189 Å². The van der Waals surface area contributed by atoms with E-state index in [0.717, 1.165) is 16.6 Å². The Morgan fingerprint density at radius 3 is 2.67 bits per heavy atom. The van der Waals surface area contributed by atoms with Gasteiger partial charge in [0.1, 0.15) is 18.5 Å². The van der Waals surface area contributed by atoms with E-state index in [1.54, 1.807) is 42.5 Å². The number of nitro benzene ring substituents is 1. The molecule has 1 aromatic heterocycles. The molecule has 0 fully saturated rings. The SMILES string of the molecule is CCOc1cc(/C=C(\C#N)c2nc3ccccc3[nH]2)ccc1OCc1ccccc1[N+](=O)[O-]. The largest absolute Gasteiger partial charge is 0.490 e. The van der Waals surface area contributed by atoms with Gasteiger partial charge < -0.3 is 14.5 Å². The zero-order chi connectivity index (χ0) is 23.2. The molecular weight excluding hydrogens is 420 g/mol. The standard InChI is InChI=1S/C25H20N4O4/c1-2-32-24-14-17(13-19(15-26)25-27-20-8-4-5-9-21(20)28-25)11-12-23(24)33-16-18-7-3-6-10-22(18)29(30)31/h3-14H,2,16H2,1H3,(H,27,28)/b19-13+. The molecule has 164 valence electrons. The van der Waals surface area contributed by atoms with Gasteiger partial charge in [-0.1, -0.05) is 30.3 Å². The molecule has 0 spiro atoms. The van der Waals surface area contributed by atoms with E-state index < -0.39 is 4.92 Å². The van der Waals surface area contributed by atoms with Crippen LogP contribution in [0.25, 0.3) is 22.7 Å². The van der Waals surface area contributed by atoms with Gasteiger partial charge in [-0.3, -0.25) is 10.1 Å². The van der Waals surface area contributed by atoms with Crippen molar-refractivity contribution in [2.24, 2.45) is 0 Å². The maximum atomic E-state index is 11.2. The summed E-state index contributed by atoms with van der Waals surface area (Å²) in [5.41, 5.74) is 3.20. The van der Waals surface area contributed by atoms with Crippen molar-refractivity contribution in [3.05, 3.63) is 93.8 Å². The Morgan fingerprint density at radius 2 is 1.91 bits per heavy atom. The summed E-state index contributed by atoms with van der Waals surface area (Å²) in [4.78, 5) is 18.4. The predicted octanol–water partition coefficient (Wildman–Crippen LogP) is 5.51. The van der Waals surface area contributed by atoms with Crippen molar-refractivity contribution in [2.45, 2.75) is 13.5 Å². The van der Waals surface area contributed by atoms with Gasteiger partial charge in [-0.15, -0.1) is 0 Å². The molecule has 1 heterocycles. The number of allylic oxidation sites excluding steroid dienone is 1. The smallest absolute Gasteiger partial charge is 0.276 e.